The van der Waals surface area contributed by atoms with Crippen LogP contribution in [0.1, 0.15) is 27.2 Å². The van der Waals surface area contributed by atoms with Gasteiger partial charge in [0.25, 0.3) is 0 Å². The molecule has 0 radical (unpaired) electrons. The number of esters is 1. The number of ether oxygens (including phenoxy) is 2. The molecule has 0 saturated carbocycles. The minimum atomic E-state index is -0.331. The monoisotopic (exact) mass is 172 g/mol. The number of hydrogen-bond donors (Lipinski definition) is 0. The van der Waals surface area contributed by atoms with E-state index in [1.54, 1.807) is 6.92 Å². The van der Waals surface area contributed by atoms with Crippen LogP contribution in [0.4, 0.5) is 0 Å². The van der Waals surface area contributed by atoms with Gasteiger partial charge in [-0.3, -0.25) is 0 Å². The van der Waals surface area contributed by atoms with Gasteiger partial charge in [-0.25, -0.2) is 4.79 Å². The highest BCUT2D eigenvalue weighted by Gasteiger charge is 2.00. The van der Waals surface area contributed by atoms with Crippen molar-refractivity contribution in [2.75, 3.05) is 13.2 Å². The van der Waals surface area contributed by atoms with E-state index >= 15 is 0 Å². The first-order chi connectivity index (χ1) is 5.74. The molecule has 0 unspecified atom stereocenters. The number of rotatable bonds is 5. The van der Waals surface area contributed by atoms with Crippen molar-refractivity contribution in [3.63, 3.8) is 0 Å². The molecule has 0 atom stereocenters. The SMILES string of the molecule is CCOC(=O)/C=C(/CC)OCC. The Balaban J connectivity index is 3.98. The highest BCUT2D eigenvalue weighted by molar-refractivity contribution is 5.82. The molecule has 70 valence electrons. The fourth-order valence-corrected chi connectivity index (χ4v) is 0.747. The zero-order valence-corrected chi connectivity index (χ0v) is 7.92. The molecule has 3 heteroatoms. The van der Waals surface area contributed by atoms with Crippen LogP contribution >= 0.6 is 0 Å². The first-order valence-electron chi connectivity index (χ1n) is 4.24. The quantitative estimate of drug-likeness (QED) is 0.361. The second kappa shape index (κ2) is 6.70. The average Bonchev–Trinajstić information content (AvgIpc) is 2.04. The Morgan fingerprint density at radius 3 is 2.17 bits per heavy atom. The van der Waals surface area contributed by atoms with Crippen LogP contribution in [0.15, 0.2) is 11.8 Å². The van der Waals surface area contributed by atoms with Gasteiger partial charge in [0.1, 0.15) is 5.76 Å². The summed E-state index contributed by atoms with van der Waals surface area (Å²) < 4.78 is 9.89. The van der Waals surface area contributed by atoms with Crippen LogP contribution in [-0.2, 0) is 14.3 Å². The van der Waals surface area contributed by atoms with Crippen LogP contribution in [0.5, 0.6) is 0 Å². The normalized spacial score (nSPS) is 11.1. The van der Waals surface area contributed by atoms with E-state index in [1.807, 2.05) is 13.8 Å². The van der Waals surface area contributed by atoms with Crippen LogP contribution in [0, 0.1) is 0 Å². The minimum absolute atomic E-state index is 0.331. The van der Waals surface area contributed by atoms with Crippen LogP contribution < -0.4 is 0 Å². The Morgan fingerprint density at radius 1 is 1.17 bits per heavy atom. The zero-order chi connectivity index (χ0) is 9.40. The summed E-state index contributed by atoms with van der Waals surface area (Å²) in [7, 11) is 0. The molecule has 0 aliphatic rings. The van der Waals surface area contributed by atoms with Gasteiger partial charge < -0.3 is 9.47 Å². The summed E-state index contributed by atoms with van der Waals surface area (Å²) in [4.78, 5) is 10.9. The lowest BCUT2D eigenvalue weighted by molar-refractivity contribution is -0.137. The average molecular weight is 172 g/mol. The van der Waals surface area contributed by atoms with Crippen molar-refractivity contribution < 1.29 is 14.3 Å². The molecule has 0 saturated heterocycles. The Bertz CT molecular complexity index is 161. The van der Waals surface area contributed by atoms with Gasteiger partial charge in [-0.2, -0.15) is 0 Å². The molecule has 0 aromatic carbocycles. The molecule has 0 aromatic heterocycles. The summed E-state index contributed by atoms with van der Waals surface area (Å²) in [6.07, 6.45) is 2.11. The smallest absolute Gasteiger partial charge is 0.334 e. The molecule has 0 spiro atoms. The van der Waals surface area contributed by atoms with Gasteiger partial charge >= 0.3 is 5.97 Å². The first kappa shape index (κ1) is 11.0. The predicted molar refractivity (Wildman–Crippen MR) is 46.6 cm³/mol. The second-order valence-electron chi connectivity index (χ2n) is 2.15. The number of carbonyl (C=O) groups is 1. The summed E-state index contributed by atoms with van der Waals surface area (Å²) in [5.41, 5.74) is 0. The van der Waals surface area contributed by atoms with Crippen molar-refractivity contribution in [3.05, 3.63) is 11.8 Å². The van der Waals surface area contributed by atoms with Gasteiger partial charge in [0.15, 0.2) is 0 Å². The Kier molecular flexibility index (Phi) is 6.15. The maximum atomic E-state index is 10.9. The Hall–Kier alpha value is -0.990. The molecule has 0 aliphatic heterocycles. The minimum Gasteiger partial charge on any atom is -0.498 e. The van der Waals surface area contributed by atoms with E-state index in [-0.39, 0.29) is 5.97 Å². The second-order valence-corrected chi connectivity index (χ2v) is 2.15. The molecule has 0 amide bonds. The molecular formula is C9H16O3. The topological polar surface area (TPSA) is 35.5 Å². The van der Waals surface area contributed by atoms with E-state index in [4.69, 9.17) is 9.47 Å². The Morgan fingerprint density at radius 2 is 1.75 bits per heavy atom. The first-order valence-corrected chi connectivity index (χ1v) is 4.24. The fourth-order valence-electron chi connectivity index (χ4n) is 0.747. The molecule has 0 rings (SSSR count). The molecule has 0 N–H and O–H groups in total. The highest BCUT2D eigenvalue weighted by atomic mass is 16.5. The van der Waals surface area contributed by atoms with E-state index < -0.39 is 0 Å². The fraction of sp³-hybridized carbons (Fsp3) is 0.667. The molecule has 0 fully saturated rings. The molecule has 3 nitrogen and oxygen atoms in total. The van der Waals surface area contributed by atoms with Gasteiger partial charge in [-0.05, 0) is 13.8 Å². The Labute approximate surface area is 73.4 Å². The zero-order valence-electron chi connectivity index (χ0n) is 7.92. The lowest BCUT2D eigenvalue weighted by atomic mass is 10.3. The molecule has 0 bridgehead atoms. The molecule has 0 aliphatic carbocycles. The molecule has 0 heterocycles. The lowest BCUT2D eigenvalue weighted by Gasteiger charge is -2.04. The number of allylic oxidation sites excluding steroid dienone is 1. The van der Waals surface area contributed by atoms with E-state index in [9.17, 15) is 4.79 Å². The van der Waals surface area contributed by atoms with Crippen molar-refractivity contribution in [2.24, 2.45) is 0 Å². The third-order valence-electron chi connectivity index (χ3n) is 1.24. The van der Waals surface area contributed by atoms with Crippen molar-refractivity contribution in [1.29, 1.82) is 0 Å². The van der Waals surface area contributed by atoms with E-state index in [0.29, 0.717) is 25.4 Å². The van der Waals surface area contributed by atoms with Crippen LogP contribution in [-0.4, -0.2) is 19.2 Å². The summed E-state index contributed by atoms with van der Waals surface area (Å²) in [5.74, 6) is 0.346. The van der Waals surface area contributed by atoms with E-state index in [0.717, 1.165) is 0 Å². The van der Waals surface area contributed by atoms with Crippen LogP contribution in [0.2, 0.25) is 0 Å². The lowest BCUT2D eigenvalue weighted by Crippen LogP contribution is -2.02. The van der Waals surface area contributed by atoms with Crippen molar-refractivity contribution in [1.82, 2.24) is 0 Å². The maximum absolute atomic E-state index is 10.9. The van der Waals surface area contributed by atoms with Crippen LogP contribution in [0.25, 0.3) is 0 Å². The summed E-state index contributed by atoms with van der Waals surface area (Å²) in [5, 5.41) is 0. The summed E-state index contributed by atoms with van der Waals surface area (Å²) in [6, 6.07) is 0. The maximum Gasteiger partial charge on any atom is 0.334 e. The molecular weight excluding hydrogens is 156 g/mol. The highest BCUT2D eigenvalue weighted by Crippen LogP contribution is 2.02. The standard InChI is InChI=1S/C9H16O3/c1-4-8(11-5-2)7-9(10)12-6-3/h7H,4-6H2,1-3H3/b8-7-. The third-order valence-corrected chi connectivity index (χ3v) is 1.24. The van der Waals surface area contributed by atoms with Gasteiger partial charge in [-0.1, -0.05) is 6.92 Å². The van der Waals surface area contributed by atoms with E-state index in [2.05, 4.69) is 0 Å². The molecule has 0 aromatic rings. The predicted octanol–water partition coefficient (Wildman–Crippen LogP) is 1.88. The van der Waals surface area contributed by atoms with Crippen molar-refractivity contribution in [3.8, 4) is 0 Å². The summed E-state index contributed by atoms with van der Waals surface area (Å²) >= 11 is 0. The van der Waals surface area contributed by atoms with E-state index in [1.165, 1.54) is 6.08 Å². The third kappa shape index (κ3) is 4.77. The summed E-state index contributed by atoms with van der Waals surface area (Å²) in [6.45, 7) is 6.57. The number of carbonyl (C=O) groups excluding carboxylic acids is 1. The number of hydrogen-bond acceptors (Lipinski definition) is 3. The van der Waals surface area contributed by atoms with Crippen molar-refractivity contribution in [2.45, 2.75) is 27.2 Å². The van der Waals surface area contributed by atoms with Gasteiger partial charge in [0.05, 0.1) is 19.3 Å². The van der Waals surface area contributed by atoms with Crippen molar-refractivity contribution >= 4 is 5.97 Å². The van der Waals surface area contributed by atoms with Gasteiger partial charge in [0, 0.05) is 6.42 Å². The largest absolute Gasteiger partial charge is 0.498 e. The van der Waals surface area contributed by atoms with Gasteiger partial charge in [-0.15, -0.1) is 0 Å². The van der Waals surface area contributed by atoms with Crippen LogP contribution in [0.3, 0.4) is 0 Å². The molecule has 12 heavy (non-hydrogen) atoms. The van der Waals surface area contributed by atoms with Gasteiger partial charge in [0.2, 0.25) is 0 Å².